The second kappa shape index (κ2) is 8.27. The number of benzene rings is 1. The third-order valence-electron chi connectivity index (χ3n) is 4.64. The first-order valence-corrected chi connectivity index (χ1v) is 10.3. The number of Topliss-reactive ketones (excluding diaryl/α,β-unsaturated/α-hetero) is 1. The van der Waals surface area contributed by atoms with E-state index in [2.05, 4.69) is 9.97 Å². The zero-order valence-electron chi connectivity index (χ0n) is 16.7. The Kier molecular flexibility index (Phi) is 5.51. The SMILES string of the molecule is CC(C)Oc1ccc(/C(O)=C2\C(=O)C(=O)N(c3nccs3)[C@@H]2c2cccnc2)cc1F. The Labute approximate surface area is 181 Å². The number of halogens is 1. The van der Waals surface area contributed by atoms with Gasteiger partial charge in [-0.15, -0.1) is 11.3 Å². The first-order valence-electron chi connectivity index (χ1n) is 9.45. The van der Waals surface area contributed by atoms with Gasteiger partial charge >= 0.3 is 5.91 Å². The Morgan fingerprint density at radius 3 is 2.68 bits per heavy atom. The number of thiazole rings is 1. The molecule has 3 aromatic rings. The molecule has 1 amide bonds. The van der Waals surface area contributed by atoms with E-state index in [1.807, 2.05) is 0 Å². The molecule has 1 saturated heterocycles. The van der Waals surface area contributed by atoms with Gasteiger partial charge in [0, 0.05) is 29.5 Å². The minimum absolute atomic E-state index is 0.0265. The molecule has 0 bridgehead atoms. The number of aliphatic hydroxyl groups excluding tert-OH is 1. The molecule has 2 aromatic heterocycles. The summed E-state index contributed by atoms with van der Waals surface area (Å²) in [5.74, 6) is -2.86. The fourth-order valence-corrected chi connectivity index (χ4v) is 4.04. The number of hydrogen-bond donors (Lipinski definition) is 1. The van der Waals surface area contributed by atoms with E-state index in [4.69, 9.17) is 4.74 Å². The average molecular weight is 439 g/mol. The highest BCUT2D eigenvalue weighted by molar-refractivity contribution is 7.14. The number of nitrogens with zero attached hydrogens (tertiary/aromatic N) is 3. The highest BCUT2D eigenvalue weighted by Crippen LogP contribution is 2.42. The van der Waals surface area contributed by atoms with Crippen LogP contribution < -0.4 is 9.64 Å². The lowest BCUT2D eigenvalue weighted by Crippen LogP contribution is -2.29. The maximum atomic E-state index is 14.5. The van der Waals surface area contributed by atoms with Gasteiger partial charge in [0.25, 0.3) is 5.78 Å². The fraction of sp³-hybridized carbons (Fsp3) is 0.182. The lowest BCUT2D eigenvalue weighted by atomic mass is 9.96. The van der Waals surface area contributed by atoms with Crippen molar-refractivity contribution in [3.8, 4) is 5.75 Å². The number of aliphatic hydroxyl groups is 1. The van der Waals surface area contributed by atoms with Gasteiger partial charge in [-0.25, -0.2) is 9.37 Å². The zero-order valence-corrected chi connectivity index (χ0v) is 17.5. The second-order valence-corrected chi connectivity index (χ2v) is 7.95. The van der Waals surface area contributed by atoms with Gasteiger partial charge in [0.2, 0.25) is 0 Å². The van der Waals surface area contributed by atoms with Gasteiger partial charge in [-0.2, -0.15) is 0 Å². The molecule has 1 aliphatic heterocycles. The number of anilines is 1. The summed E-state index contributed by atoms with van der Waals surface area (Å²) in [7, 11) is 0. The van der Waals surface area contributed by atoms with Crippen molar-refractivity contribution in [2.45, 2.75) is 26.0 Å². The number of amides is 1. The fourth-order valence-electron chi connectivity index (χ4n) is 3.37. The topological polar surface area (TPSA) is 92.6 Å². The van der Waals surface area contributed by atoms with Crippen LogP contribution in [-0.4, -0.2) is 32.9 Å². The molecule has 1 aromatic carbocycles. The third kappa shape index (κ3) is 3.79. The summed E-state index contributed by atoms with van der Waals surface area (Å²) in [5, 5.41) is 13.0. The van der Waals surface area contributed by atoms with E-state index in [-0.39, 0.29) is 23.0 Å². The summed E-state index contributed by atoms with van der Waals surface area (Å²) in [5.41, 5.74) is 0.406. The second-order valence-electron chi connectivity index (χ2n) is 7.08. The number of carbonyl (C=O) groups is 2. The van der Waals surface area contributed by atoms with E-state index in [0.717, 1.165) is 6.07 Å². The van der Waals surface area contributed by atoms with E-state index in [1.54, 1.807) is 37.6 Å². The number of ether oxygens (including phenoxy) is 1. The predicted octanol–water partition coefficient (Wildman–Crippen LogP) is 4.09. The van der Waals surface area contributed by atoms with Crippen molar-refractivity contribution >= 4 is 33.9 Å². The van der Waals surface area contributed by atoms with Crippen LogP contribution in [0.15, 0.2) is 59.9 Å². The van der Waals surface area contributed by atoms with Crippen LogP contribution in [-0.2, 0) is 9.59 Å². The van der Waals surface area contributed by atoms with Gasteiger partial charge in [-0.3, -0.25) is 19.5 Å². The molecule has 1 N–H and O–H groups in total. The van der Waals surface area contributed by atoms with E-state index >= 15 is 0 Å². The predicted molar refractivity (Wildman–Crippen MR) is 113 cm³/mol. The summed E-state index contributed by atoms with van der Waals surface area (Å²) in [4.78, 5) is 35.2. The van der Waals surface area contributed by atoms with Gasteiger partial charge < -0.3 is 9.84 Å². The van der Waals surface area contributed by atoms with Crippen LogP contribution in [0.1, 0.15) is 31.0 Å². The Bertz CT molecular complexity index is 1160. The number of carbonyl (C=O) groups excluding carboxylic acids is 2. The van der Waals surface area contributed by atoms with E-state index < -0.39 is 29.3 Å². The molecule has 1 atom stereocenters. The number of pyridine rings is 1. The van der Waals surface area contributed by atoms with Crippen molar-refractivity contribution in [3.05, 3.63) is 76.8 Å². The maximum absolute atomic E-state index is 14.5. The highest BCUT2D eigenvalue weighted by atomic mass is 32.1. The van der Waals surface area contributed by atoms with Crippen molar-refractivity contribution in [2.24, 2.45) is 0 Å². The third-order valence-corrected chi connectivity index (χ3v) is 5.41. The minimum atomic E-state index is -0.950. The molecule has 4 rings (SSSR count). The van der Waals surface area contributed by atoms with Crippen LogP contribution in [0.25, 0.3) is 5.76 Å². The van der Waals surface area contributed by atoms with Crippen molar-refractivity contribution < 1.29 is 23.8 Å². The molecule has 0 saturated carbocycles. The van der Waals surface area contributed by atoms with Crippen molar-refractivity contribution in [1.29, 1.82) is 0 Å². The Morgan fingerprint density at radius 2 is 2.06 bits per heavy atom. The van der Waals surface area contributed by atoms with Crippen molar-refractivity contribution in [3.63, 3.8) is 0 Å². The Hall–Kier alpha value is -3.59. The standard InChI is InChI=1S/C22H18FN3O4S/c1-12(2)30-16-6-5-13(10-15(16)23)19(27)17-18(14-4-3-7-24-11-14)26(21(29)20(17)28)22-25-8-9-31-22/h3-12,18,27H,1-2H3/b19-17+/t18-/m1/s1. The van der Waals surface area contributed by atoms with Crippen LogP contribution in [0, 0.1) is 5.82 Å². The largest absolute Gasteiger partial charge is 0.507 e. The van der Waals surface area contributed by atoms with Crippen LogP contribution in [0.2, 0.25) is 0 Å². The summed E-state index contributed by atoms with van der Waals surface area (Å²) in [6, 6.07) is 6.29. The lowest BCUT2D eigenvalue weighted by Gasteiger charge is -2.22. The summed E-state index contributed by atoms with van der Waals surface area (Å²) in [6.07, 6.45) is 4.35. The van der Waals surface area contributed by atoms with Crippen molar-refractivity contribution in [1.82, 2.24) is 9.97 Å². The van der Waals surface area contributed by atoms with E-state index in [1.165, 1.54) is 40.8 Å². The summed E-state index contributed by atoms with van der Waals surface area (Å²) in [6.45, 7) is 3.53. The molecule has 31 heavy (non-hydrogen) atoms. The molecular weight excluding hydrogens is 421 g/mol. The summed E-state index contributed by atoms with van der Waals surface area (Å²) >= 11 is 1.18. The van der Waals surface area contributed by atoms with E-state index in [9.17, 15) is 19.1 Å². The Morgan fingerprint density at radius 1 is 1.26 bits per heavy atom. The first kappa shape index (κ1) is 20.7. The molecule has 3 heterocycles. The molecule has 158 valence electrons. The molecule has 1 aliphatic rings. The van der Waals surface area contributed by atoms with E-state index in [0.29, 0.717) is 10.7 Å². The van der Waals surface area contributed by atoms with Gasteiger partial charge in [-0.05, 0) is 43.7 Å². The maximum Gasteiger partial charge on any atom is 0.301 e. The molecule has 0 unspecified atom stereocenters. The smallest absolute Gasteiger partial charge is 0.301 e. The van der Waals surface area contributed by atoms with Gasteiger partial charge in [-0.1, -0.05) is 6.07 Å². The first-order chi connectivity index (χ1) is 14.9. The van der Waals surface area contributed by atoms with Crippen LogP contribution in [0.4, 0.5) is 9.52 Å². The van der Waals surface area contributed by atoms with Gasteiger partial charge in [0.1, 0.15) is 5.76 Å². The molecule has 0 radical (unpaired) electrons. The number of ketones is 1. The molecule has 0 spiro atoms. The number of hydrogen-bond acceptors (Lipinski definition) is 7. The highest BCUT2D eigenvalue weighted by Gasteiger charge is 2.48. The summed E-state index contributed by atoms with van der Waals surface area (Å²) < 4.78 is 19.9. The molecule has 7 nitrogen and oxygen atoms in total. The van der Waals surface area contributed by atoms with Gasteiger partial charge in [0.05, 0.1) is 17.7 Å². The molecule has 0 aliphatic carbocycles. The normalized spacial score (nSPS) is 18.1. The molecular formula is C22H18FN3O4S. The van der Waals surface area contributed by atoms with Crippen molar-refractivity contribution in [2.75, 3.05) is 4.90 Å². The zero-order chi connectivity index (χ0) is 22.1. The quantitative estimate of drug-likeness (QED) is 0.366. The van der Waals surface area contributed by atoms with Crippen LogP contribution >= 0.6 is 11.3 Å². The average Bonchev–Trinajstić information content (AvgIpc) is 3.36. The number of aromatic nitrogens is 2. The lowest BCUT2D eigenvalue weighted by molar-refractivity contribution is -0.132. The number of rotatable bonds is 5. The molecule has 1 fully saturated rings. The minimum Gasteiger partial charge on any atom is -0.507 e. The van der Waals surface area contributed by atoms with Gasteiger partial charge in [0.15, 0.2) is 16.7 Å². The monoisotopic (exact) mass is 439 g/mol. The Balaban J connectivity index is 1.86. The van der Waals surface area contributed by atoms with Crippen LogP contribution in [0.3, 0.4) is 0 Å². The molecule has 9 heteroatoms. The van der Waals surface area contributed by atoms with Crippen LogP contribution in [0.5, 0.6) is 5.75 Å².